The molecule has 0 amide bonds. The van der Waals surface area contributed by atoms with Crippen molar-refractivity contribution >= 4 is 0 Å². The van der Waals surface area contributed by atoms with Gasteiger partial charge in [0, 0.05) is 0 Å². The Bertz CT molecular complexity index is 410. The minimum Gasteiger partial charge on any atom is -0.467 e. The molecule has 6 nitrogen and oxygen atoms in total. The number of nitrogens with zero attached hydrogens (tertiary/aromatic N) is 3. The van der Waals surface area contributed by atoms with E-state index in [1.807, 2.05) is 13.8 Å². The minimum absolute atomic E-state index is 0.137. The van der Waals surface area contributed by atoms with Gasteiger partial charge in [-0.25, -0.2) is 0 Å². The molecule has 1 aromatic heterocycles. The SMILES string of the molecule is C=C(C)COc1nc(OC)nc(OCC(=C)C)n1. The van der Waals surface area contributed by atoms with Gasteiger partial charge in [-0.2, -0.15) is 0 Å². The largest absolute Gasteiger partial charge is 0.467 e. The van der Waals surface area contributed by atoms with Crippen molar-refractivity contribution in [3.8, 4) is 18.0 Å². The maximum absolute atomic E-state index is 5.31. The second-order valence-electron chi connectivity index (χ2n) is 3.88. The zero-order valence-corrected chi connectivity index (χ0v) is 10.9. The van der Waals surface area contributed by atoms with Crippen LogP contribution >= 0.6 is 0 Å². The number of hydrogen-bond acceptors (Lipinski definition) is 6. The number of methoxy groups -OCH3 is 1. The van der Waals surface area contributed by atoms with E-state index in [0.717, 1.165) is 11.1 Å². The van der Waals surface area contributed by atoms with Crippen LogP contribution in [0.3, 0.4) is 0 Å². The lowest BCUT2D eigenvalue weighted by Crippen LogP contribution is -2.08. The van der Waals surface area contributed by atoms with Gasteiger partial charge in [0.25, 0.3) is 0 Å². The fourth-order valence-electron chi connectivity index (χ4n) is 0.916. The van der Waals surface area contributed by atoms with Crippen LogP contribution in [0.1, 0.15) is 13.8 Å². The zero-order valence-electron chi connectivity index (χ0n) is 10.9. The summed E-state index contributed by atoms with van der Waals surface area (Å²) in [5.41, 5.74) is 1.72. The highest BCUT2D eigenvalue weighted by Crippen LogP contribution is 2.15. The van der Waals surface area contributed by atoms with Crippen LogP contribution in [0.4, 0.5) is 0 Å². The molecule has 0 aliphatic carbocycles. The number of hydrogen-bond donors (Lipinski definition) is 0. The Labute approximate surface area is 106 Å². The Morgan fingerprint density at radius 1 is 0.889 bits per heavy atom. The molecule has 0 unspecified atom stereocenters. The topological polar surface area (TPSA) is 66.4 Å². The van der Waals surface area contributed by atoms with Crippen LogP contribution in [0.25, 0.3) is 0 Å². The molecular weight excluding hydrogens is 234 g/mol. The first-order valence-electron chi connectivity index (χ1n) is 5.35. The van der Waals surface area contributed by atoms with E-state index in [0.29, 0.717) is 13.2 Å². The van der Waals surface area contributed by atoms with Crippen molar-refractivity contribution in [2.24, 2.45) is 0 Å². The first-order chi connectivity index (χ1) is 8.51. The summed E-state index contributed by atoms with van der Waals surface area (Å²) in [6.45, 7) is 11.8. The molecule has 0 saturated heterocycles. The standard InChI is InChI=1S/C12H17N3O3/c1-8(2)6-17-11-13-10(16-5)14-12(15-11)18-7-9(3)4/h1,3,6-7H2,2,4-5H3. The lowest BCUT2D eigenvalue weighted by Gasteiger charge is -2.08. The summed E-state index contributed by atoms with van der Waals surface area (Å²) >= 11 is 0. The molecule has 1 rings (SSSR count). The molecule has 18 heavy (non-hydrogen) atoms. The van der Waals surface area contributed by atoms with Crippen LogP contribution in [-0.4, -0.2) is 35.3 Å². The van der Waals surface area contributed by atoms with Gasteiger partial charge in [-0.05, 0) is 25.0 Å². The van der Waals surface area contributed by atoms with Gasteiger partial charge in [-0.3, -0.25) is 0 Å². The lowest BCUT2D eigenvalue weighted by atomic mass is 10.4. The molecule has 1 heterocycles. The van der Waals surface area contributed by atoms with E-state index in [4.69, 9.17) is 14.2 Å². The predicted molar refractivity (Wildman–Crippen MR) is 67.0 cm³/mol. The fraction of sp³-hybridized carbons (Fsp3) is 0.417. The van der Waals surface area contributed by atoms with Crippen LogP contribution in [0.5, 0.6) is 18.0 Å². The van der Waals surface area contributed by atoms with Crippen molar-refractivity contribution in [3.05, 3.63) is 24.3 Å². The highest BCUT2D eigenvalue weighted by Gasteiger charge is 2.09. The third-order valence-electron chi connectivity index (χ3n) is 1.65. The normalized spacial score (nSPS) is 9.72. The Morgan fingerprint density at radius 3 is 1.61 bits per heavy atom. The molecule has 0 aromatic carbocycles. The van der Waals surface area contributed by atoms with E-state index in [-0.39, 0.29) is 18.0 Å². The Kier molecular flexibility index (Phi) is 5.10. The van der Waals surface area contributed by atoms with Gasteiger partial charge in [-0.1, -0.05) is 13.2 Å². The summed E-state index contributed by atoms with van der Waals surface area (Å²) in [7, 11) is 1.46. The number of ether oxygens (including phenoxy) is 3. The minimum atomic E-state index is 0.137. The van der Waals surface area contributed by atoms with Crippen LogP contribution < -0.4 is 14.2 Å². The third-order valence-corrected chi connectivity index (χ3v) is 1.65. The van der Waals surface area contributed by atoms with Crippen LogP contribution in [-0.2, 0) is 0 Å². The summed E-state index contributed by atoms with van der Waals surface area (Å²) in [6.07, 6.45) is 0. The van der Waals surface area contributed by atoms with Crippen molar-refractivity contribution in [3.63, 3.8) is 0 Å². The second-order valence-corrected chi connectivity index (χ2v) is 3.88. The van der Waals surface area contributed by atoms with Crippen LogP contribution in [0.15, 0.2) is 24.3 Å². The predicted octanol–water partition coefficient (Wildman–Crippen LogP) is 1.79. The molecule has 98 valence electrons. The van der Waals surface area contributed by atoms with Crippen molar-refractivity contribution in [1.82, 2.24) is 15.0 Å². The molecule has 0 aliphatic heterocycles. The average Bonchev–Trinajstić information content (AvgIpc) is 2.33. The maximum atomic E-state index is 5.31. The zero-order chi connectivity index (χ0) is 13.5. The van der Waals surface area contributed by atoms with Gasteiger partial charge in [-0.15, -0.1) is 15.0 Å². The van der Waals surface area contributed by atoms with Gasteiger partial charge in [0.05, 0.1) is 7.11 Å². The first-order valence-corrected chi connectivity index (χ1v) is 5.35. The highest BCUT2D eigenvalue weighted by molar-refractivity contribution is 5.10. The van der Waals surface area contributed by atoms with Crippen LogP contribution in [0, 0.1) is 0 Å². The van der Waals surface area contributed by atoms with E-state index in [9.17, 15) is 0 Å². The smallest absolute Gasteiger partial charge is 0.326 e. The van der Waals surface area contributed by atoms with E-state index in [2.05, 4.69) is 28.1 Å². The summed E-state index contributed by atoms with van der Waals surface area (Å²) in [5.74, 6) is 0. The van der Waals surface area contributed by atoms with Crippen molar-refractivity contribution in [2.75, 3.05) is 20.3 Å². The molecule has 0 N–H and O–H groups in total. The number of aromatic nitrogens is 3. The van der Waals surface area contributed by atoms with E-state index in [1.54, 1.807) is 0 Å². The molecule has 0 atom stereocenters. The summed E-state index contributed by atoms with van der Waals surface area (Å²) in [6, 6.07) is 0.418. The fourth-order valence-corrected chi connectivity index (χ4v) is 0.916. The molecule has 0 spiro atoms. The average molecular weight is 251 g/mol. The van der Waals surface area contributed by atoms with Gasteiger partial charge < -0.3 is 14.2 Å². The van der Waals surface area contributed by atoms with Gasteiger partial charge in [0.2, 0.25) is 0 Å². The van der Waals surface area contributed by atoms with Gasteiger partial charge in [0.1, 0.15) is 13.2 Å². The van der Waals surface area contributed by atoms with E-state index in [1.165, 1.54) is 7.11 Å². The monoisotopic (exact) mass is 251 g/mol. The van der Waals surface area contributed by atoms with Crippen molar-refractivity contribution in [1.29, 1.82) is 0 Å². The Balaban J connectivity index is 2.80. The molecular formula is C12H17N3O3. The molecule has 0 radical (unpaired) electrons. The lowest BCUT2D eigenvalue weighted by molar-refractivity contribution is 0.271. The second kappa shape index (κ2) is 6.58. The highest BCUT2D eigenvalue weighted by atomic mass is 16.5. The van der Waals surface area contributed by atoms with E-state index >= 15 is 0 Å². The maximum Gasteiger partial charge on any atom is 0.326 e. The Hall–Kier alpha value is -2.11. The molecule has 6 heteroatoms. The molecule has 1 aromatic rings. The summed E-state index contributed by atoms with van der Waals surface area (Å²) in [4.78, 5) is 11.9. The molecule has 0 bridgehead atoms. The number of rotatable bonds is 7. The molecule has 0 aliphatic rings. The van der Waals surface area contributed by atoms with E-state index < -0.39 is 0 Å². The summed E-state index contributed by atoms with van der Waals surface area (Å²) < 4.78 is 15.6. The third kappa shape index (κ3) is 4.82. The van der Waals surface area contributed by atoms with Crippen molar-refractivity contribution < 1.29 is 14.2 Å². The molecule has 0 saturated carbocycles. The quantitative estimate of drug-likeness (QED) is 0.688. The van der Waals surface area contributed by atoms with Crippen molar-refractivity contribution in [2.45, 2.75) is 13.8 Å². The first kappa shape index (κ1) is 14.0. The van der Waals surface area contributed by atoms with Gasteiger partial charge in [0.15, 0.2) is 0 Å². The Morgan fingerprint density at radius 2 is 1.28 bits per heavy atom. The van der Waals surface area contributed by atoms with Crippen LogP contribution in [0.2, 0.25) is 0 Å². The summed E-state index contributed by atoms with van der Waals surface area (Å²) in [5, 5.41) is 0. The molecule has 0 fully saturated rings. The van der Waals surface area contributed by atoms with Gasteiger partial charge >= 0.3 is 18.0 Å².